The van der Waals surface area contributed by atoms with Crippen molar-refractivity contribution in [2.24, 2.45) is 4.99 Å². The van der Waals surface area contributed by atoms with E-state index < -0.39 is 0 Å². The third-order valence-electron chi connectivity index (χ3n) is 6.58. The first-order valence-electron chi connectivity index (χ1n) is 13.3. The molecule has 4 rings (SSSR count). The third-order valence-corrected chi connectivity index (χ3v) is 6.58. The number of allylic oxidation sites excluding steroid dienone is 2. The molecule has 1 aliphatic rings. The van der Waals surface area contributed by atoms with Gasteiger partial charge in [0.1, 0.15) is 12.4 Å². The van der Waals surface area contributed by atoms with Crippen molar-refractivity contribution >= 4 is 12.3 Å². The fourth-order valence-corrected chi connectivity index (χ4v) is 4.54. The first kappa shape index (κ1) is 24.8. The van der Waals surface area contributed by atoms with Gasteiger partial charge in [-0.1, -0.05) is 88.6 Å². The van der Waals surface area contributed by atoms with Crippen LogP contribution < -0.4 is 4.74 Å². The summed E-state index contributed by atoms with van der Waals surface area (Å²) >= 11 is 0. The van der Waals surface area contributed by atoms with Crippen LogP contribution in [-0.4, -0.2) is 16.2 Å². The van der Waals surface area contributed by atoms with Crippen LogP contribution in [0.2, 0.25) is 0 Å². The SMILES string of the molecule is CCCCCCCCCCCC1=CC=N/C1=C\c1[nH]c(-c2ccc[nH]2)cc1OCc1ccccc1. The molecule has 0 saturated carbocycles. The first-order chi connectivity index (χ1) is 17.3. The van der Waals surface area contributed by atoms with Gasteiger partial charge in [0.15, 0.2) is 0 Å². The number of ether oxygens (including phenoxy) is 1. The zero-order valence-electron chi connectivity index (χ0n) is 21.1. The van der Waals surface area contributed by atoms with Crippen molar-refractivity contribution in [2.45, 2.75) is 77.7 Å². The van der Waals surface area contributed by atoms with E-state index in [-0.39, 0.29) is 0 Å². The molecule has 4 nitrogen and oxygen atoms in total. The summed E-state index contributed by atoms with van der Waals surface area (Å²) in [5, 5.41) is 0. The molecule has 0 aliphatic carbocycles. The Morgan fingerprint density at radius 3 is 2.37 bits per heavy atom. The smallest absolute Gasteiger partial charge is 0.145 e. The van der Waals surface area contributed by atoms with Crippen LogP contribution in [0, 0.1) is 0 Å². The van der Waals surface area contributed by atoms with Crippen LogP contribution in [-0.2, 0) is 6.61 Å². The van der Waals surface area contributed by atoms with Gasteiger partial charge in [0.2, 0.25) is 0 Å². The maximum atomic E-state index is 6.25. The minimum atomic E-state index is 0.531. The molecule has 0 saturated heterocycles. The van der Waals surface area contributed by atoms with E-state index in [1.807, 2.05) is 36.7 Å². The van der Waals surface area contributed by atoms with Crippen LogP contribution in [0.15, 0.2) is 77.1 Å². The molecule has 2 N–H and O–H groups in total. The molecular weight excluding hydrogens is 430 g/mol. The van der Waals surface area contributed by atoms with Gasteiger partial charge in [0, 0.05) is 18.5 Å². The maximum Gasteiger partial charge on any atom is 0.145 e. The summed E-state index contributed by atoms with van der Waals surface area (Å²) in [6.07, 6.45) is 21.3. The summed E-state index contributed by atoms with van der Waals surface area (Å²) < 4.78 is 6.25. The fraction of sp³-hybridized carbons (Fsp3) is 0.387. The van der Waals surface area contributed by atoms with Gasteiger partial charge in [-0.15, -0.1) is 0 Å². The van der Waals surface area contributed by atoms with Crippen LogP contribution in [0.4, 0.5) is 0 Å². The molecule has 0 radical (unpaired) electrons. The number of unbranched alkanes of at least 4 members (excludes halogenated alkanes) is 8. The molecule has 0 spiro atoms. The van der Waals surface area contributed by atoms with Crippen LogP contribution in [0.1, 0.15) is 82.4 Å². The molecule has 184 valence electrons. The fourth-order valence-electron chi connectivity index (χ4n) is 4.54. The second-order valence-corrected chi connectivity index (χ2v) is 9.40. The second kappa shape index (κ2) is 13.6. The van der Waals surface area contributed by atoms with E-state index in [0.717, 1.165) is 40.5 Å². The molecule has 1 aromatic carbocycles. The lowest BCUT2D eigenvalue weighted by atomic mass is 10.0. The Balaban J connectivity index is 1.36. The Morgan fingerprint density at radius 2 is 1.63 bits per heavy atom. The lowest BCUT2D eigenvalue weighted by Gasteiger charge is -2.07. The zero-order chi connectivity index (χ0) is 24.1. The van der Waals surface area contributed by atoms with Crippen LogP contribution in [0.25, 0.3) is 17.5 Å². The Hall–Kier alpha value is -3.27. The average molecular weight is 470 g/mol. The van der Waals surface area contributed by atoms with Crippen molar-refractivity contribution in [3.63, 3.8) is 0 Å². The summed E-state index contributed by atoms with van der Waals surface area (Å²) in [7, 11) is 0. The highest BCUT2D eigenvalue weighted by molar-refractivity contribution is 5.82. The summed E-state index contributed by atoms with van der Waals surface area (Å²) in [6.45, 7) is 2.81. The number of nitrogens with one attached hydrogen (secondary N) is 2. The van der Waals surface area contributed by atoms with E-state index in [2.05, 4.69) is 58.3 Å². The number of hydrogen-bond donors (Lipinski definition) is 2. The highest BCUT2D eigenvalue weighted by Gasteiger charge is 2.14. The molecule has 0 atom stereocenters. The zero-order valence-corrected chi connectivity index (χ0v) is 21.1. The second-order valence-electron chi connectivity index (χ2n) is 9.40. The molecule has 35 heavy (non-hydrogen) atoms. The van der Waals surface area contributed by atoms with Crippen molar-refractivity contribution in [1.82, 2.24) is 9.97 Å². The molecular formula is C31H39N3O. The molecule has 3 heterocycles. The molecule has 2 aromatic heterocycles. The molecule has 0 amide bonds. The van der Waals surface area contributed by atoms with Crippen LogP contribution in [0.5, 0.6) is 5.75 Å². The van der Waals surface area contributed by atoms with Crippen molar-refractivity contribution < 1.29 is 4.74 Å². The number of aromatic amines is 2. The highest BCUT2D eigenvalue weighted by Crippen LogP contribution is 2.32. The Morgan fingerprint density at radius 1 is 0.857 bits per heavy atom. The van der Waals surface area contributed by atoms with Crippen molar-refractivity contribution in [3.05, 3.63) is 83.3 Å². The molecule has 0 bridgehead atoms. The molecule has 3 aromatic rings. The topological polar surface area (TPSA) is 53.2 Å². The monoisotopic (exact) mass is 469 g/mol. The number of benzene rings is 1. The predicted octanol–water partition coefficient (Wildman–Crippen LogP) is 8.86. The van der Waals surface area contributed by atoms with E-state index in [1.165, 1.54) is 63.4 Å². The van der Waals surface area contributed by atoms with Crippen molar-refractivity contribution in [1.29, 1.82) is 0 Å². The van der Waals surface area contributed by atoms with E-state index in [9.17, 15) is 0 Å². The molecule has 4 heteroatoms. The van der Waals surface area contributed by atoms with Gasteiger partial charge in [0.05, 0.1) is 22.8 Å². The number of nitrogens with zero attached hydrogens (tertiary/aromatic N) is 1. The minimum Gasteiger partial charge on any atom is -0.487 e. The summed E-state index contributed by atoms with van der Waals surface area (Å²) in [5.41, 5.74) is 6.51. The molecule has 0 unspecified atom stereocenters. The molecule has 1 aliphatic heterocycles. The number of aliphatic imine (C=N–C) groups is 1. The largest absolute Gasteiger partial charge is 0.487 e. The number of hydrogen-bond acceptors (Lipinski definition) is 2. The van der Waals surface area contributed by atoms with Crippen LogP contribution >= 0.6 is 0 Å². The maximum absolute atomic E-state index is 6.25. The summed E-state index contributed by atoms with van der Waals surface area (Å²) in [4.78, 5) is 11.5. The van der Waals surface area contributed by atoms with E-state index in [0.29, 0.717) is 6.61 Å². The molecule has 0 fully saturated rings. The Bertz CT molecular complexity index is 1100. The standard InChI is InChI=1S/C31H39N3O/c1-2-3-4-5-6-7-8-9-13-17-26-19-21-33-28(26)22-30-31(35-24-25-15-11-10-12-16-25)23-29(34-30)27-18-14-20-32-27/h10-12,14-16,18-23,32,34H,2-9,13,17,24H2,1H3/b28-22-. The van der Waals surface area contributed by atoms with Crippen molar-refractivity contribution in [3.8, 4) is 17.1 Å². The van der Waals surface area contributed by atoms with E-state index in [1.54, 1.807) is 0 Å². The summed E-state index contributed by atoms with van der Waals surface area (Å²) in [6, 6.07) is 16.4. The van der Waals surface area contributed by atoms with Gasteiger partial charge in [-0.3, -0.25) is 4.99 Å². The van der Waals surface area contributed by atoms with Gasteiger partial charge in [0.25, 0.3) is 0 Å². The van der Waals surface area contributed by atoms with Gasteiger partial charge < -0.3 is 14.7 Å². The lowest BCUT2D eigenvalue weighted by molar-refractivity contribution is 0.306. The third kappa shape index (κ3) is 7.61. The number of rotatable bonds is 15. The lowest BCUT2D eigenvalue weighted by Crippen LogP contribution is -1.95. The van der Waals surface area contributed by atoms with Crippen LogP contribution in [0.3, 0.4) is 0 Å². The highest BCUT2D eigenvalue weighted by atomic mass is 16.5. The van der Waals surface area contributed by atoms with Gasteiger partial charge in [-0.05, 0) is 48.3 Å². The normalized spacial score (nSPS) is 14.1. The Kier molecular flexibility index (Phi) is 9.64. The van der Waals surface area contributed by atoms with Crippen molar-refractivity contribution in [2.75, 3.05) is 0 Å². The van der Waals surface area contributed by atoms with E-state index >= 15 is 0 Å². The Labute approximate surface area is 210 Å². The predicted molar refractivity (Wildman–Crippen MR) is 148 cm³/mol. The quantitative estimate of drug-likeness (QED) is 0.215. The van der Waals surface area contributed by atoms with Gasteiger partial charge >= 0.3 is 0 Å². The minimum absolute atomic E-state index is 0.531. The number of aromatic nitrogens is 2. The number of H-pyrrole nitrogens is 2. The summed E-state index contributed by atoms with van der Waals surface area (Å²) in [5.74, 6) is 0.843. The average Bonchev–Trinajstić information content (AvgIpc) is 3.64. The first-order valence-corrected chi connectivity index (χ1v) is 13.3. The van der Waals surface area contributed by atoms with E-state index in [4.69, 9.17) is 4.74 Å². The van der Waals surface area contributed by atoms with Gasteiger partial charge in [-0.25, -0.2) is 0 Å². The van der Waals surface area contributed by atoms with Gasteiger partial charge in [-0.2, -0.15) is 0 Å².